The zero-order chi connectivity index (χ0) is 23.3. The average molecular weight is 456 g/mol. The Morgan fingerprint density at radius 2 is 1.84 bits per heavy atom. The van der Waals surface area contributed by atoms with E-state index in [-0.39, 0.29) is 23.3 Å². The number of carbonyl (C=O) groups is 3. The predicted octanol–water partition coefficient (Wildman–Crippen LogP) is 4.16. The van der Waals surface area contributed by atoms with Gasteiger partial charge in [0.05, 0.1) is 21.5 Å². The minimum absolute atomic E-state index is 0.0166. The molecule has 0 aromatic heterocycles. The smallest absolute Gasteiger partial charge is 0.326 e. The summed E-state index contributed by atoms with van der Waals surface area (Å²) in [6.45, 7) is 2.96. The number of esters is 1. The van der Waals surface area contributed by atoms with Crippen LogP contribution in [0.1, 0.15) is 25.0 Å². The molecule has 0 spiro atoms. The third-order valence-electron chi connectivity index (χ3n) is 4.29. The monoisotopic (exact) mass is 456 g/mol. The van der Waals surface area contributed by atoms with Crippen molar-refractivity contribution in [2.75, 3.05) is 6.54 Å². The van der Waals surface area contributed by atoms with Gasteiger partial charge in [-0.3, -0.25) is 29.4 Å². The lowest BCUT2D eigenvalue weighted by atomic mass is 10.2. The van der Waals surface area contributed by atoms with Crippen LogP contribution in [0.2, 0.25) is 0 Å². The van der Waals surface area contributed by atoms with E-state index < -0.39 is 28.6 Å². The molecule has 2 amide bonds. The van der Waals surface area contributed by atoms with Gasteiger partial charge in [0.1, 0.15) is 18.9 Å². The van der Waals surface area contributed by atoms with Crippen molar-refractivity contribution in [3.63, 3.8) is 0 Å². The first kappa shape index (κ1) is 23.0. The molecule has 1 heterocycles. The van der Waals surface area contributed by atoms with Gasteiger partial charge >= 0.3 is 5.97 Å². The summed E-state index contributed by atoms with van der Waals surface area (Å²) in [7, 11) is 0. The van der Waals surface area contributed by atoms with Gasteiger partial charge < -0.3 is 9.47 Å². The summed E-state index contributed by atoms with van der Waals surface area (Å²) in [5.41, 5.74) is 1.08. The van der Waals surface area contributed by atoms with E-state index in [1.165, 1.54) is 6.07 Å². The van der Waals surface area contributed by atoms with E-state index in [0.29, 0.717) is 16.9 Å². The lowest BCUT2D eigenvalue weighted by Gasteiger charge is -2.13. The molecule has 1 aliphatic rings. The van der Waals surface area contributed by atoms with Gasteiger partial charge in [-0.05, 0) is 55.4 Å². The van der Waals surface area contributed by atoms with Crippen LogP contribution in [0.25, 0.3) is 6.08 Å². The van der Waals surface area contributed by atoms with E-state index in [9.17, 15) is 24.5 Å². The number of para-hydroxylation sites is 1. The fraction of sp³-hybridized carbons (Fsp3) is 0.227. The SMILES string of the molecule is CC(C)OC(=O)CN1C(=O)S/C(=C\c2ccc(OCc3ccccc3[N+](=O)[O-])cc2)C1=O. The Labute approximate surface area is 188 Å². The third-order valence-corrected chi connectivity index (χ3v) is 5.20. The molecule has 10 heteroatoms. The molecule has 2 aromatic carbocycles. The quantitative estimate of drug-likeness (QED) is 0.252. The van der Waals surface area contributed by atoms with Crippen LogP contribution in [0.15, 0.2) is 53.4 Å². The van der Waals surface area contributed by atoms with E-state index in [2.05, 4.69) is 0 Å². The fourth-order valence-corrected chi connectivity index (χ4v) is 3.69. The van der Waals surface area contributed by atoms with Gasteiger partial charge in [0, 0.05) is 6.07 Å². The van der Waals surface area contributed by atoms with Gasteiger partial charge in [-0.1, -0.05) is 24.3 Å². The number of rotatable bonds is 8. The lowest BCUT2D eigenvalue weighted by Crippen LogP contribution is -2.35. The van der Waals surface area contributed by atoms with E-state index in [4.69, 9.17) is 9.47 Å². The van der Waals surface area contributed by atoms with Crippen molar-refractivity contribution in [3.05, 3.63) is 74.7 Å². The van der Waals surface area contributed by atoms with Crippen molar-refractivity contribution in [2.45, 2.75) is 26.6 Å². The highest BCUT2D eigenvalue weighted by Gasteiger charge is 2.36. The van der Waals surface area contributed by atoms with Crippen molar-refractivity contribution in [3.8, 4) is 5.75 Å². The zero-order valence-corrected chi connectivity index (χ0v) is 18.2. The second-order valence-electron chi connectivity index (χ2n) is 7.05. The molecule has 2 aromatic rings. The molecule has 166 valence electrons. The van der Waals surface area contributed by atoms with Crippen molar-refractivity contribution < 1.29 is 28.8 Å². The number of ether oxygens (including phenoxy) is 2. The van der Waals surface area contributed by atoms with Gasteiger partial charge in [0.15, 0.2) is 0 Å². The zero-order valence-electron chi connectivity index (χ0n) is 17.3. The van der Waals surface area contributed by atoms with E-state index in [0.717, 1.165) is 16.7 Å². The third kappa shape index (κ3) is 5.73. The maximum Gasteiger partial charge on any atom is 0.326 e. The lowest BCUT2D eigenvalue weighted by molar-refractivity contribution is -0.385. The fourth-order valence-electron chi connectivity index (χ4n) is 2.85. The highest BCUT2D eigenvalue weighted by molar-refractivity contribution is 8.18. The van der Waals surface area contributed by atoms with Crippen LogP contribution in [0.4, 0.5) is 10.5 Å². The molecule has 32 heavy (non-hydrogen) atoms. The van der Waals surface area contributed by atoms with Crippen molar-refractivity contribution in [2.24, 2.45) is 0 Å². The Kier molecular flexibility index (Phi) is 7.26. The minimum atomic E-state index is -0.649. The predicted molar refractivity (Wildman–Crippen MR) is 118 cm³/mol. The molecule has 0 aliphatic carbocycles. The average Bonchev–Trinajstić information content (AvgIpc) is 3.00. The van der Waals surface area contributed by atoms with Crippen LogP contribution in [0.5, 0.6) is 5.75 Å². The number of nitrogens with zero attached hydrogens (tertiary/aromatic N) is 2. The summed E-state index contributed by atoms with van der Waals surface area (Å²) in [5.74, 6) is -0.717. The number of nitro groups is 1. The molecule has 1 saturated heterocycles. The largest absolute Gasteiger partial charge is 0.489 e. The van der Waals surface area contributed by atoms with Crippen LogP contribution in [-0.2, 0) is 20.9 Å². The Morgan fingerprint density at radius 1 is 1.16 bits per heavy atom. The number of nitro benzene ring substituents is 1. The first-order valence-electron chi connectivity index (χ1n) is 9.64. The molecule has 1 aliphatic heterocycles. The molecule has 9 nitrogen and oxygen atoms in total. The second-order valence-corrected chi connectivity index (χ2v) is 8.04. The maximum absolute atomic E-state index is 12.5. The Hall–Kier alpha value is -3.66. The summed E-state index contributed by atoms with van der Waals surface area (Å²) < 4.78 is 10.6. The second kappa shape index (κ2) is 10.1. The molecular formula is C22H20N2O7S. The molecule has 0 saturated carbocycles. The summed E-state index contributed by atoms with van der Waals surface area (Å²) >= 11 is 0.749. The van der Waals surface area contributed by atoms with Crippen LogP contribution < -0.4 is 4.74 Å². The topological polar surface area (TPSA) is 116 Å². The number of hydrogen-bond acceptors (Lipinski definition) is 8. The van der Waals surface area contributed by atoms with Crippen molar-refractivity contribution in [1.82, 2.24) is 4.90 Å². The molecule has 0 N–H and O–H groups in total. The Balaban J connectivity index is 1.64. The molecular weight excluding hydrogens is 436 g/mol. The normalized spacial score (nSPS) is 14.8. The highest BCUT2D eigenvalue weighted by atomic mass is 32.2. The van der Waals surface area contributed by atoms with E-state index in [1.807, 2.05) is 0 Å². The number of thioether (sulfide) groups is 1. The molecule has 0 atom stereocenters. The highest BCUT2D eigenvalue weighted by Crippen LogP contribution is 2.32. The van der Waals surface area contributed by atoms with Gasteiger partial charge in [-0.25, -0.2) is 0 Å². The van der Waals surface area contributed by atoms with Gasteiger partial charge in [-0.15, -0.1) is 0 Å². The number of hydrogen-bond donors (Lipinski definition) is 0. The van der Waals surface area contributed by atoms with Gasteiger partial charge in [0.25, 0.3) is 16.8 Å². The first-order chi connectivity index (χ1) is 15.2. The van der Waals surface area contributed by atoms with Crippen molar-refractivity contribution in [1.29, 1.82) is 0 Å². The van der Waals surface area contributed by atoms with Gasteiger partial charge in [-0.2, -0.15) is 0 Å². The van der Waals surface area contributed by atoms with E-state index in [1.54, 1.807) is 62.4 Å². The molecule has 0 bridgehead atoms. The Morgan fingerprint density at radius 3 is 2.50 bits per heavy atom. The molecule has 1 fully saturated rings. The number of carbonyl (C=O) groups excluding carboxylic acids is 3. The van der Waals surface area contributed by atoms with Crippen LogP contribution in [0, 0.1) is 10.1 Å². The summed E-state index contributed by atoms with van der Waals surface area (Å²) in [6, 6.07) is 13.0. The summed E-state index contributed by atoms with van der Waals surface area (Å²) in [5, 5.41) is 10.5. The Bertz CT molecular complexity index is 1080. The van der Waals surface area contributed by atoms with Crippen molar-refractivity contribution >= 4 is 40.6 Å². The van der Waals surface area contributed by atoms with Crippen LogP contribution >= 0.6 is 11.8 Å². The molecule has 3 rings (SSSR count). The maximum atomic E-state index is 12.5. The standard InChI is InChI=1S/C22H20N2O7S/c1-14(2)31-20(25)12-23-21(26)19(32-22(23)27)11-15-7-9-17(10-8-15)30-13-16-5-3-4-6-18(16)24(28)29/h3-11,14H,12-13H2,1-2H3/b19-11-. The first-order valence-corrected chi connectivity index (χ1v) is 10.5. The number of benzene rings is 2. The molecule has 0 unspecified atom stereocenters. The van der Waals surface area contributed by atoms with Crippen LogP contribution in [0.3, 0.4) is 0 Å². The molecule has 0 radical (unpaired) electrons. The van der Waals surface area contributed by atoms with Crippen LogP contribution in [-0.4, -0.2) is 39.6 Å². The summed E-state index contributed by atoms with van der Waals surface area (Å²) in [4.78, 5) is 48.0. The van der Waals surface area contributed by atoms with E-state index >= 15 is 0 Å². The minimum Gasteiger partial charge on any atom is -0.489 e. The number of amides is 2. The van der Waals surface area contributed by atoms with Gasteiger partial charge in [0.2, 0.25) is 0 Å². The summed E-state index contributed by atoms with van der Waals surface area (Å²) in [6.07, 6.45) is 1.21. The number of imide groups is 1.